The Bertz CT molecular complexity index is 454. The zero-order chi connectivity index (χ0) is 15.1. The Hall–Kier alpha value is -0.800. The number of carbonyl (C=O) groups is 1. The minimum Gasteiger partial charge on any atom is -0.335 e. The van der Waals surface area contributed by atoms with E-state index in [9.17, 15) is 4.79 Å². The zero-order valence-electron chi connectivity index (χ0n) is 12.1. The topological polar surface area (TPSA) is 20.3 Å². The van der Waals surface area contributed by atoms with Crippen molar-refractivity contribution in [3.05, 3.63) is 47.0 Å². The van der Waals surface area contributed by atoms with Crippen molar-refractivity contribution in [2.75, 3.05) is 6.54 Å². The highest BCUT2D eigenvalue weighted by Gasteiger charge is 2.13. The van der Waals surface area contributed by atoms with Crippen LogP contribution >= 0.6 is 27.5 Å². The Morgan fingerprint density at radius 1 is 1.30 bits per heavy atom. The van der Waals surface area contributed by atoms with E-state index in [1.165, 1.54) is 0 Å². The molecule has 0 saturated carbocycles. The van der Waals surface area contributed by atoms with Crippen molar-refractivity contribution in [2.45, 2.75) is 32.1 Å². The first-order valence-corrected chi connectivity index (χ1v) is 8.03. The maximum atomic E-state index is 12.2. The normalized spacial score (nSPS) is 12.9. The molecule has 0 spiro atoms. The second-order valence-corrected chi connectivity index (χ2v) is 7.16. The van der Waals surface area contributed by atoms with Gasteiger partial charge < -0.3 is 4.90 Å². The van der Waals surface area contributed by atoms with Crippen molar-refractivity contribution < 1.29 is 4.79 Å². The average molecular weight is 359 g/mol. The molecule has 1 amide bonds. The van der Waals surface area contributed by atoms with E-state index in [-0.39, 0.29) is 10.7 Å². The molecule has 0 saturated heterocycles. The van der Waals surface area contributed by atoms with Crippen LogP contribution in [0.15, 0.2) is 36.4 Å². The van der Waals surface area contributed by atoms with Gasteiger partial charge in [-0.15, -0.1) is 0 Å². The molecule has 0 aliphatic heterocycles. The van der Waals surface area contributed by atoms with Crippen molar-refractivity contribution in [3.63, 3.8) is 0 Å². The van der Waals surface area contributed by atoms with Gasteiger partial charge in [-0.3, -0.25) is 4.79 Å². The standard InChI is InChI=1S/C16H21BrClNO/c1-12(2)10-19(16(20)9-4-13(3)17)11-14-5-7-15(18)8-6-14/h4-9,12-13H,10-11H2,1-3H3/b9-4+. The van der Waals surface area contributed by atoms with Gasteiger partial charge in [-0.1, -0.05) is 59.6 Å². The van der Waals surface area contributed by atoms with Crippen LogP contribution in [-0.4, -0.2) is 22.2 Å². The molecule has 1 atom stereocenters. The van der Waals surface area contributed by atoms with E-state index < -0.39 is 0 Å². The predicted octanol–water partition coefficient (Wildman–Crippen LogP) is 4.66. The maximum Gasteiger partial charge on any atom is 0.246 e. The summed E-state index contributed by atoms with van der Waals surface area (Å²) in [7, 11) is 0. The van der Waals surface area contributed by atoms with Gasteiger partial charge in [-0.2, -0.15) is 0 Å². The third kappa shape index (κ3) is 6.58. The lowest BCUT2D eigenvalue weighted by molar-refractivity contribution is -0.127. The lowest BCUT2D eigenvalue weighted by Crippen LogP contribution is -2.32. The number of allylic oxidation sites excluding steroid dienone is 1. The number of hydrogen-bond donors (Lipinski definition) is 0. The van der Waals surface area contributed by atoms with Crippen molar-refractivity contribution in [1.82, 2.24) is 4.90 Å². The number of nitrogens with zero attached hydrogens (tertiary/aromatic N) is 1. The molecule has 0 aromatic heterocycles. The molecule has 20 heavy (non-hydrogen) atoms. The minimum atomic E-state index is 0.0416. The van der Waals surface area contributed by atoms with Gasteiger partial charge in [0.25, 0.3) is 0 Å². The lowest BCUT2D eigenvalue weighted by Gasteiger charge is -2.23. The second-order valence-electron chi connectivity index (χ2n) is 5.28. The molecule has 0 aliphatic carbocycles. The van der Waals surface area contributed by atoms with E-state index in [1.807, 2.05) is 42.2 Å². The summed E-state index contributed by atoms with van der Waals surface area (Å²) >= 11 is 9.29. The van der Waals surface area contributed by atoms with Crippen LogP contribution < -0.4 is 0 Å². The minimum absolute atomic E-state index is 0.0416. The summed E-state index contributed by atoms with van der Waals surface area (Å²) in [6, 6.07) is 7.62. The summed E-state index contributed by atoms with van der Waals surface area (Å²) in [5.74, 6) is 0.473. The molecule has 0 radical (unpaired) electrons. The van der Waals surface area contributed by atoms with Crippen molar-refractivity contribution in [1.29, 1.82) is 0 Å². The predicted molar refractivity (Wildman–Crippen MR) is 89.2 cm³/mol. The van der Waals surface area contributed by atoms with Gasteiger partial charge in [0.1, 0.15) is 0 Å². The first-order valence-electron chi connectivity index (χ1n) is 6.74. The summed E-state index contributed by atoms with van der Waals surface area (Å²) in [5, 5.41) is 0.712. The molecule has 0 N–H and O–H groups in total. The highest BCUT2D eigenvalue weighted by molar-refractivity contribution is 9.09. The molecule has 1 rings (SSSR count). The SMILES string of the molecule is CC(Br)/C=C/C(=O)N(Cc1ccc(Cl)cc1)CC(C)C. The molecule has 1 unspecified atom stereocenters. The molecule has 1 aromatic rings. The number of carbonyl (C=O) groups excluding carboxylic acids is 1. The maximum absolute atomic E-state index is 12.2. The third-order valence-corrected chi connectivity index (χ3v) is 3.25. The van der Waals surface area contributed by atoms with Crippen molar-refractivity contribution in [3.8, 4) is 0 Å². The van der Waals surface area contributed by atoms with Gasteiger partial charge in [0, 0.05) is 29.0 Å². The highest BCUT2D eigenvalue weighted by atomic mass is 79.9. The Kier molecular flexibility index (Phi) is 7.31. The number of benzene rings is 1. The average Bonchev–Trinajstić information content (AvgIpc) is 2.37. The first kappa shape index (κ1) is 17.3. The Morgan fingerprint density at radius 3 is 2.40 bits per heavy atom. The molecular weight excluding hydrogens is 338 g/mol. The van der Waals surface area contributed by atoms with Crippen LogP contribution in [0, 0.1) is 5.92 Å². The highest BCUT2D eigenvalue weighted by Crippen LogP contribution is 2.13. The molecule has 1 aromatic carbocycles. The van der Waals surface area contributed by atoms with E-state index >= 15 is 0 Å². The van der Waals surface area contributed by atoms with Gasteiger partial charge in [-0.25, -0.2) is 0 Å². The van der Waals surface area contributed by atoms with Crippen LogP contribution in [-0.2, 0) is 11.3 Å². The van der Waals surface area contributed by atoms with Crippen LogP contribution in [0.5, 0.6) is 0 Å². The van der Waals surface area contributed by atoms with Gasteiger partial charge >= 0.3 is 0 Å². The summed E-state index contributed by atoms with van der Waals surface area (Å²) in [5.41, 5.74) is 1.09. The van der Waals surface area contributed by atoms with Crippen molar-refractivity contribution >= 4 is 33.4 Å². The summed E-state index contributed by atoms with van der Waals surface area (Å²) in [6.45, 7) is 7.55. The largest absolute Gasteiger partial charge is 0.335 e. The fraction of sp³-hybridized carbons (Fsp3) is 0.438. The summed E-state index contributed by atoms with van der Waals surface area (Å²) < 4.78 is 0. The van der Waals surface area contributed by atoms with Gasteiger partial charge in [0.05, 0.1) is 0 Å². The van der Waals surface area contributed by atoms with E-state index in [4.69, 9.17) is 11.6 Å². The lowest BCUT2D eigenvalue weighted by atomic mass is 10.1. The molecule has 0 aliphatic rings. The molecular formula is C16H21BrClNO. The summed E-state index contributed by atoms with van der Waals surface area (Å²) in [4.78, 5) is 14.3. The molecule has 0 bridgehead atoms. The molecule has 110 valence electrons. The Labute approximate surface area is 134 Å². The van der Waals surface area contributed by atoms with Crippen LogP contribution in [0.1, 0.15) is 26.3 Å². The smallest absolute Gasteiger partial charge is 0.246 e. The van der Waals surface area contributed by atoms with Crippen LogP contribution in [0.3, 0.4) is 0 Å². The van der Waals surface area contributed by atoms with E-state index in [0.29, 0.717) is 17.5 Å². The third-order valence-electron chi connectivity index (χ3n) is 2.69. The molecule has 0 fully saturated rings. The van der Waals surface area contributed by atoms with Gasteiger partial charge in [-0.05, 0) is 30.5 Å². The van der Waals surface area contributed by atoms with E-state index in [1.54, 1.807) is 6.08 Å². The quantitative estimate of drug-likeness (QED) is 0.535. The van der Waals surface area contributed by atoms with Crippen molar-refractivity contribution in [2.24, 2.45) is 5.92 Å². The summed E-state index contributed by atoms with van der Waals surface area (Å²) in [6.07, 6.45) is 3.50. The number of hydrogen-bond acceptors (Lipinski definition) is 1. The van der Waals surface area contributed by atoms with Gasteiger partial charge in [0.15, 0.2) is 0 Å². The van der Waals surface area contributed by atoms with E-state index in [0.717, 1.165) is 12.1 Å². The van der Waals surface area contributed by atoms with Crippen LogP contribution in [0.25, 0.3) is 0 Å². The van der Waals surface area contributed by atoms with E-state index in [2.05, 4.69) is 29.8 Å². The Balaban J connectivity index is 2.78. The fourth-order valence-electron chi connectivity index (χ4n) is 1.80. The Morgan fingerprint density at radius 2 is 1.90 bits per heavy atom. The molecule has 4 heteroatoms. The second kappa shape index (κ2) is 8.48. The molecule has 0 heterocycles. The zero-order valence-corrected chi connectivity index (χ0v) is 14.5. The number of amides is 1. The number of alkyl halides is 1. The first-order chi connectivity index (χ1) is 9.38. The van der Waals surface area contributed by atoms with Gasteiger partial charge in [0.2, 0.25) is 5.91 Å². The number of halogens is 2. The molecule has 2 nitrogen and oxygen atoms in total. The number of rotatable bonds is 6. The van der Waals surface area contributed by atoms with Crippen LogP contribution in [0.2, 0.25) is 5.02 Å². The fourth-order valence-corrected chi connectivity index (χ4v) is 2.08. The monoisotopic (exact) mass is 357 g/mol. The van der Waals surface area contributed by atoms with Crippen LogP contribution in [0.4, 0.5) is 0 Å².